The van der Waals surface area contributed by atoms with Gasteiger partial charge in [0.15, 0.2) is 0 Å². The van der Waals surface area contributed by atoms with E-state index in [2.05, 4.69) is 55.6 Å². The second-order valence-electron chi connectivity index (χ2n) is 25.6. The van der Waals surface area contributed by atoms with Crippen molar-refractivity contribution in [2.45, 2.75) is 366 Å². The molecular formula is C72H140N2O6P+. The van der Waals surface area contributed by atoms with Gasteiger partial charge >= 0.3 is 7.82 Å². The molecule has 0 aliphatic rings. The van der Waals surface area contributed by atoms with Gasteiger partial charge in [0, 0.05) is 6.42 Å². The number of amides is 1. The largest absolute Gasteiger partial charge is 0.472 e. The van der Waals surface area contributed by atoms with Crippen molar-refractivity contribution in [3.63, 3.8) is 0 Å². The zero-order chi connectivity index (χ0) is 59.1. The van der Waals surface area contributed by atoms with Crippen LogP contribution in [0.15, 0.2) is 48.6 Å². The van der Waals surface area contributed by atoms with Crippen molar-refractivity contribution in [3.8, 4) is 0 Å². The van der Waals surface area contributed by atoms with E-state index in [0.717, 1.165) is 44.9 Å². The van der Waals surface area contributed by atoms with Crippen molar-refractivity contribution in [3.05, 3.63) is 48.6 Å². The number of nitrogens with zero attached hydrogens (tertiary/aromatic N) is 1. The number of hydrogen-bond donors (Lipinski definition) is 3. The summed E-state index contributed by atoms with van der Waals surface area (Å²) in [5.74, 6) is -0.182. The van der Waals surface area contributed by atoms with E-state index < -0.39 is 20.0 Å². The van der Waals surface area contributed by atoms with E-state index in [1.54, 1.807) is 6.08 Å². The standard InChI is InChI=1S/C72H139N2O6P/c1-6-8-10-12-14-16-18-20-22-24-26-28-29-30-31-32-33-34-35-36-37-38-39-40-41-42-43-44-45-46-48-50-52-54-56-58-60-62-64-66-72(76)73-70(69-80-81(77,78)79-68-67-74(3,4)5)71(75)65-63-61-59-57-55-53-51-49-47-27-25-23-21-19-17-15-13-11-9-7-2/h33-34,36-37,55,57,63,65,70-71,75H,6-32,35,38-54,56,58-62,64,66-69H2,1-5H3,(H-,73,76,77,78)/p+1/b34-33-,37-36-,57-55+,65-63+. The van der Waals surface area contributed by atoms with Crippen molar-refractivity contribution in [1.29, 1.82) is 0 Å². The molecule has 0 aliphatic heterocycles. The number of quaternary nitrogens is 1. The van der Waals surface area contributed by atoms with Crippen LogP contribution in [-0.2, 0) is 18.4 Å². The Morgan fingerprint density at radius 3 is 1.06 bits per heavy atom. The number of unbranched alkanes of at least 4 members (excludes halogenated alkanes) is 47. The predicted octanol–water partition coefficient (Wildman–Crippen LogP) is 22.6. The second-order valence-corrected chi connectivity index (χ2v) is 27.1. The molecule has 0 heterocycles. The van der Waals surface area contributed by atoms with Crippen LogP contribution in [0.1, 0.15) is 354 Å². The van der Waals surface area contributed by atoms with Gasteiger partial charge in [0.2, 0.25) is 5.91 Å². The zero-order valence-corrected chi connectivity index (χ0v) is 55.7. The Labute approximate surface area is 505 Å². The van der Waals surface area contributed by atoms with Crippen molar-refractivity contribution < 1.29 is 32.9 Å². The summed E-state index contributed by atoms with van der Waals surface area (Å²) in [5.41, 5.74) is 0. The fourth-order valence-electron chi connectivity index (χ4n) is 10.7. The Morgan fingerprint density at radius 2 is 0.716 bits per heavy atom. The fraction of sp³-hybridized carbons (Fsp3) is 0.875. The molecule has 0 bridgehead atoms. The first-order chi connectivity index (χ1) is 39.5. The summed E-state index contributed by atoms with van der Waals surface area (Å²) >= 11 is 0. The van der Waals surface area contributed by atoms with Crippen LogP contribution >= 0.6 is 7.82 Å². The molecule has 9 heteroatoms. The van der Waals surface area contributed by atoms with Crippen molar-refractivity contribution in [2.75, 3.05) is 40.9 Å². The average Bonchev–Trinajstić information content (AvgIpc) is 3.43. The Hall–Kier alpha value is -1.54. The molecule has 0 aromatic rings. The van der Waals surface area contributed by atoms with Crippen molar-refractivity contribution >= 4 is 13.7 Å². The third kappa shape index (κ3) is 65.9. The molecule has 3 unspecified atom stereocenters. The minimum absolute atomic E-state index is 0.0568. The van der Waals surface area contributed by atoms with E-state index in [1.807, 2.05) is 27.2 Å². The van der Waals surface area contributed by atoms with Gasteiger partial charge in [0.05, 0.1) is 39.9 Å². The van der Waals surface area contributed by atoms with Gasteiger partial charge in [0.1, 0.15) is 13.2 Å². The molecule has 3 N–H and O–H groups in total. The van der Waals surface area contributed by atoms with Crippen LogP contribution in [0.5, 0.6) is 0 Å². The Bertz CT molecular complexity index is 1460. The maximum atomic E-state index is 13.0. The number of hydrogen-bond acceptors (Lipinski definition) is 5. The molecule has 3 atom stereocenters. The predicted molar refractivity (Wildman–Crippen MR) is 355 cm³/mol. The summed E-state index contributed by atoms with van der Waals surface area (Å²) in [5, 5.41) is 14.0. The van der Waals surface area contributed by atoms with Gasteiger partial charge in [-0.25, -0.2) is 4.57 Å². The monoisotopic (exact) mass is 1160 g/mol. The van der Waals surface area contributed by atoms with Gasteiger partial charge in [0.25, 0.3) is 0 Å². The van der Waals surface area contributed by atoms with Gasteiger partial charge in [-0.2, -0.15) is 0 Å². The summed E-state index contributed by atoms with van der Waals surface area (Å²) in [6, 6.07) is -0.865. The molecule has 0 aromatic carbocycles. The van der Waals surface area contributed by atoms with Crippen LogP contribution in [-0.4, -0.2) is 73.4 Å². The summed E-state index contributed by atoms with van der Waals surface area (Å²) in [6.45, 7) is 4.84. The van der Waals surface area contributed by atoms with Gasteiger partial charge in [-0.15, -0.1) is 0 Å². The molecule has 8 nitrogen and oxygen atoms in total. The lowest BCUT2D eigenvalue weighted by molar-refractivity contribution is -0.870. The van der Waals surface area contributed by atoms with Gasteiger partial charge in [-0.05, 0) is 64.2 Å². The fourth-order valence-corrected chi connectivity index (χ4v) is 11.5. The molecule has 0 radical (unpaired) electrons. The number of phosphoric acid groups is 1. The highest BCUT2D eigenvalue weighted by Crippen LogP contribution is 2.43. The van der Waals surface area contributed by atoms with E-state index in [-0.39, 0.29) is 19.1 Å². The van der Waals surface area contributed by atoms with E-state index >= 15 is 0 Å². The number of rotatable bonds is 66. The maximum absolute atomic E-state index is 13.0. The molecule has 0 saturated carbocycles. The van der Waals surface area contributed by atoms with E-state index in [0.29, 0.717) is 17.4 Å². The van der Waals surface area contributed by atoms with Gasteiger partial charge in [-0.1, -0.05) is 332 Å². The molecule has 1 amide bonds. The van der Waals surface area contributed by atoms with Crippen LogP contribution in [0.2, 0.25) is 0 Å². The molecule has 0 saturated heterocycles. The number of phosphoric ester groups is 1. The number of aliphatic hydroxyl groups excluding tert-OH is 1. The number of carbonyl (C=O) groups is 1. The summed E-state index contributed by atoms with van der Waals surface area (Å²) in [4.78, 5) is 23.4. The Balaban J connectivity index is 3.98. The topological polar surface area (TPSA) is 105 Å². The number of allylic oxidation sites excluding steroid dienone is 7. The molecule has 478 valence electrons. The zero-order valence-electron chi connectivity index (χ0n) is 54.8. The van der Waals surface area contributed by atoms with Crippen LogP contribution in [0.3, 0.4) is 0 Å². The first-order valence-electron chi connectivity index (χ1n) is 35.5. The van der Waals surface area contributed by atoms with Crippen LogP contribution < -0.4 is 5.32 Å². The van der Waals surface area contributed by atoms with Crippen molar-refractivity contribution in [2.24, 2.45) is 0 Å². The lowest BCUT2D eigenvalue weighted by Gasteiger charge is -2.25. The molecular weight excluding hydrogens is 1020 g/mol. The van der Waals surface area contributed by atoms with Crippen LogP contribution in [0, 0.1) is 0 Å². The quantitative estimate of drug-likeness (QED) is 0.0243. The second kappa shape index (κ2) is 63.0. The molecule has 0 rings (SSSR count). The summed E-state index contributed by atoms with van der Waals surface area (Å²) in [7, 11) is 1.57. The van der Waals surface area contributed by atoms with Gasteiger partial charge in [-0.3, -0.25) is 13.8 Å². The lowest BCUT2D eigenvalue weighted by atomic mass is 10.0. The molecule has 0 aromatic heterocycles. The van der Waals surface area contributed by atoms with E-state index in [1.165, 1.54) is 289 Å². The minimum Gasteiger partial charge on any atom is -0.387 e. The molecule has 0 fully saturated rings. The van der Waals surface area contributed by atoms with E-state index in [4.69, 9.17) is 9.05 Å². The number of aliphatic hydroxyl groups is 1. The number of carbonyl (C=O) groups excluding carboxylic acids is 1. The SMILES string of the molecule is CCCCCCCCCCCCCCCC/C=C/CC/C=C/C(O)C(COP(=O)(O)OCC[N+](C)(C)C)NC(=O)CCCCCCCCCCCCCCCCCCC/C=C\C/C=C\CCCCCCCCCCCCCCCCC. The van der Waals surface area contributed by atoms with E-state index in [9.17, 15) is 19.4 Å². The first-order valence-corrected chi connectivity index (χ1v) is 37.0. The van der Waals surface area contributed by atoms with Crippen molar-refractivity contribution in [1.82, 2.24) is 5.32 Å². The number of nitrogens with one attached hydrogen (secondary N) is 1. The molecule has 0 spiro atoms. The Morgan fingerprint density at radius 1 is 0.420 bits per heavy atom. The average molecular weight is 1160 g/mol. The molecule has 81 heavy (non-hydrogen) atoms. The lowest BCUT2D eigenvalue weighted by Crippen LogP contribution is -2.45. The molecule has 0 aliphatic carbocycles. The first kappa shape index (κ1) is 79.5. The summed E-state index contributed by atoms with van der Waals surface area (Å²) < 4.78 is 23.8. The smallest absolute Gasteiger partial charge is 0.387 e. The minimum atomic E-state index is -4.36. The Kier molecular flexibility index (Phi) is 61.8. The highest BCUT2D eigenvalue weighted by atomic mass is 31.2. The van der Waals surface area contributed by atoms with Crippen LogP contribution in [0.4, 0.5) is 0 Å². The van der Waals surface area contributed by atoms with Gasteiger partial charge < -0.3 is 19.8 Å². The highest BCUT2D eigenvalue weighted by molar-refractivity contribution is 7.47. The highest BCUT2D eigenvalue weighted by Gasteiger charge is 2.28. The third-order valence-electron chi connectivity index (χ3n) is 16.3. The van der Waals surface area contributed by atoms with Crippen LogP contribution in [0.25, 0.3) is 0 Å². The maximum Gasteiger partial charge on any atom is 0.472 e. The third-order valence-corrected chi connectivity index (χ3v) is 17.3. The summed E-state index contributed by atoms with van der Waals surface area (Å²) in [6.07, 6.45) is 85.7. The number of likely N-dealkylation sites (N-methyl/N-ethyl adjacent to an activating group) is 1. The normalized spacial score (nSPS) is 13.9.